The van der Waals surface area contributed by atoms with Crippen LogP contribution in [0.25, 0.3) is 0 Å². The Morgan fingerprint density at radius 2 is 2.06 bits per heavy atom. The molecular formula is C13H14ClN3. The lowest BCUT2D eigenvalue weighted by molar-refractivity contribution is 0.556. The van der Waals surface area contributed by atoms with E-state index in [0.29, 0.717) is 0 Å². The summed E-state index contributed by atoms with van der Waals surface area (Å²) in [4.78, 5) is 8.28. The standard InChI is InChI=1S/C13H13N3.ClH/c1-2-4-11-10(3-1)5-8-15-13(11)12-6-7-14-9-16-12;/h1-4,6-7,9,13,15H,5,8H2;1H/t13-;/m0./s1. The summed E-state index contributed by atoms with van der Waals surface area (Å²) in [5, 5.41) is 3.50. The third kappa shape index (κ3) is 2.30. The van der Waals surface area contributed by atoms with E-state index < -0.39 is 0 Å². The summed E-state index contributed by atoms with van der Waals surface area (Å²) in [6, 6.07) is 10.7. The fourth-order valence-electron chi connectivity index (χ4n) is 2.24. The van der Waals surface area contributed by atoms with Gasteiger partial charge in [-0.3, -0.25) is 0 Å². The fraction of sp³-hybridized carbons (Fsp3) is 0.231. The van der Waals surface area contributed by atoms with Crippen molar-refractivity contribution in [2.24, 2.45) is 0 Å². The maximum Gasteiger partial charge on any atom is 0.115 e. The highest BCUT2D eigenvalue weighted by molar-refractivity contribution is 5.85. The minimum absolute atomic E-state index is 0. The van der Waals surface area contributed by atoms with Gasteiger partial charge in [-0.15, -0.1) is 12.4 Å². The molecule has 4 heteroatoms. The van der Waals surface area contributed by atoms with Crippen LogP contribution >= 0.6 is 12.4 Å². The SMILES string of the molecule is Cl.c1ccc2c(c1)CCN[C@@H]2c1ccncn1. The summed E-state index contributed by atoms with van der Waals surface area (Å²) in [5.74, 6) is 0. The summed E-state index contributed by atoms with van der Waals surface area (Å²) >= 11 is 0. The summed E-state index contributed by atoms with van der Waals surface area (Å²) in [6.45, 7) is 1.01. The Hall–Kier alpha value is -1.45. The molecule has 1 atom stereocenters. The number of aromatic nitrogens is 2. The smallest absolute Gasteiger partial charge is 0.115 e. The fourth-order valence-corrected chi connectivity index (χ4v) is 2.24. The van der Waals surface area contributed by atoms with E-state index >= 15 is 0 Å². The van der Waals surface area contributed by atoms with E-state index in [1.165, 1.54) is 11.1 Å². The van der Waals surface area contributed by atoms with Gasteiger partial charge in [0.1, 0.15) is 6.33 Å². The maximum atomic E-state index is 4.33. The van der Waals surface area contributed by atoms with Crippen molar-refractivity contribution in [2.45, 2.75) is 12.5 Å². The predicted molar refractivity (Wildman–Crippen MR) is 69.3 cm³/mol. The molecule has 1 aromatic carbocycles. The molecule has 0 saturated heterocycles. The molecule has 3 nitrogen and oxygen atoms in total. The van der Waals surface area contributed by atoms with Gasteiger partial charge < -0.3 is 5.32 Å². The second-order valence-electron chi connectivity index (χ2n) is 3.97. The average molecular weight is 248 g/mol. The first kappa shape index (κ1) is 12.0. The molecule has 0 unspecified atom stereocenters. The molecular weight excluding hydrogens is 234 g/mol. The molecule has 2 heterocycles. The van der Waals surface area contributed by atoms with E-state index in [1.54, 1.807) is 12.5 Å². The quantitative estimate of drug-likeness (QED) is 0.839. The third-order valence-corrected chi connectivity index (χ3v) is 3.01. The van der Waals surface area contributed by atoms with E-state index in [1.807, 2.05) is 6.07 Å². The zero-order chi connectivity index (χ0) is 10.8. The van der Waals surface area contributed by atoms with E-state index in [2.05, 4.69) is 39.6 Å². The topological polar surface area (TPSA) is 37.8 Å². The summed E-state index contributed by atoms with van der Waals surface area (Å²) in [5.41, 5.74) is 3.81. The number of rotatable bonds is 1. The van der Waals surface area contributed by atoms with Crippen molar-refractivity contribution in [2.75, 3.05) is 6.54 Å². The highest BCUT2D eigenvalue weighted by Gasteiger charge is 2.21. The minimum atomic E-state index is 0. The maximum absolute atomic E-state index is 4.33. The van der Waals surface area contributed by atoms with Gasteiger partial charge in [0.25, 0.3) is 0 Å². The summed E-state index contributed by atoms with van der Waals surface area (Å²) in [7, 11) is 0. The van der Waals surface area contributed by atoms with E-state index in [0.717, 1.165) is 18.7 Å². The van der Waals surface area contributed by atoms with Gasteiger partial charge in [-0.25, -0.2) is 9.97 Å². The molecule has 1 aliphatic heterocycles. The molecule has 0 aliphatic carbocycles. The molecule has 0 radical (unpaired) electrons. The summed E-state index contributed by atoms with van der Waals surface area (Å²) < 4.78 is 0. The van der Waals surface area contributed by atoms with E-state index in [-0.39, 0.29) is 18.4 Å². The first-order valence-corrected chi connectivity index (χ1v) is 5.52. The highest BCUT2D eigenvalue weighted by atomic mass is 35.5. The molecule has 88 valence electrons. The molecule has 1 N–H and O–H groups in total. The lowest BCUT2D eigenvalue weighted by atomic mass is 9.92. The number of nitrogens with one attached hydrogen (secondary N) is 1. The molecule has 2 aromatic rings. The van der Waals surface area contributed by atoms with Gasteiger partial charge in [-0.05, 0) is 23.6 Å². The third-order valence-electron chi connectivity index (χ3n) is 3.01. The monoisotopic (exact) mass is 247 g/mol. The van der Waals surface area contributed by atoms with Crippen LogP contribution in [0.1, 0.15) is 22.9 Å². The molecule has 0 spiro atoms. The van der Waals surface area contributed by atoms with Gasteiger partial charge in [-0.2, -0.15) is 0 Å². The Morgan fingerprint density at radius 3 is 2.88 bits per heavy atom. The molecule has 17 heavy (non-hydrogen) atoms. The van der Waals surface area contributed by atoms with Gasteiger partial charge in [-0.1, -0.05) is 24.3 Å². The molecule has 0 saturated carbocycles. The first-order chi connectivity index (χ1) is 7.95. The lowest BCUT2D eigenvalue weighted by Gasteiger charge is -2.26. The first-order valence-electron chi connectivity index (χ1n) is 5.52. The van der Waals surface area contributed by atoms with Gasteiger partial charge >= 0.3 is 0 Å². The zero-order valence-corrected chi connectivity index (χ0v) is 10.2. The van der Waals surface area contributed by atoms with Crippen molar-refractivity contribution in [3.05, 3.63) is 59.7 Å². The van der Waals surface area contributed by atoms with Crippen LogP contribution in [0.2, 0.25) is 0 Å². The lowest BCUT2D eigenvalue weighted by Crippen LogP contribution is -2.31. The van der Waals surface area contributed by atoms with Crippen LogP contribution in [-0.4, -0.2) is 16.5 Å². The van der Waals surface area contributed by atoms with Gasteiger partial charge in [0.2, 0.25) is 0 Å². The van der Waals surface area contributed by atoms with E-state index in [4.69, 9.17) is 0 Å². The van der Waals surface area contributed by atoms with Crippen LogP contribution in [0, 0.1) is 0 Å². The van der Waals surface area contributed by atoms with Crippen molar-refractivity contribution in [3.63, 3.8) is 0 Å². The Bertz CT molecular complexity index is 487. The molecule has 1 aliphatic rings. The van der Waals surface area contributed by atoms with Crippen LogP contribution in [-0.2, 0) is 6.42 Å². The Kier molecular flexibility index (Phi) is 3.71. The van der Waals surface area contributed by atoms with Crippen LogP contribution < -0.4 is 5.32 Å². The molecule has 1 aromatic heterocycles. The number of nitrogens with zero attached hydrogens (tertiary/aromatic N) is 2. The largest absolute Gasteiger partial charge is 0.305 e. The number of halogens is 1. The number of hydrogen-bond donors (Lipinski definition) is 1. The Labute approximate surface area is 107 Å². The van der Waals surface area contributed by atoms with Gasteiger partial charge in [0, 0.05) is 12.7 Å². The Balaban J connectivity index is 0.00000108. The van der Waals surface area contributed by atoms with Crippen molar-refractivity contribution in [1.29, 1.82) is 0 Å². The van der Waals surface area contributed by atoms with Crippen LogP contribution in [0.5, 0.6) is 0 Å². The molecule has 3 rings (SSSR count). The Morgan fingerprint density at radius 1 is 1.18 bits per heavy atom. The number of fused-ring (bicyclic) bond motifs is 1. The van der Waals surface area contributed by atoms with Gasteiger partial charge in [0.05, 0.1) is 11.7 Å². The molecule has 0 bridgehead atoms. The molecule has 0 fully saturated rings. The van der Waals surface area contributed by atoms with Crippen LogP contribution in [0.4, 0.5) is 0 Å². The van der Waals surface area contributed by atoms with Crippen molar-refractivity contribution >= 4 is 12.4 Å². The number of benzene rings is 1. The van der Waals surface area contributed by atoms with Crippen molar-refractivity contribution < 1.29 is 0 Å². The second-order valence-corrected chi connectivity index (χ2v) is 3.97. The normalized spacial score (nSPS) is 18.0. The second kappa shape index (κ2) is 5.25. The van der Waals surface area contributed by atoms with Crippen LogP contribution in [0.3, 0.4) is 0 Å². The van der Waals surface area contributed by atoms with E-state index in [9.17, 15) is 0 Å². The molecule has 0 amide bonds. The summed E-state index contributed by atoms with van der Waals surface area (Å²) in [6.07, 6.45) is 4.49. The highest BCUT2D eigenvalue weighted by Crippen LogP contribution is 2.26. The zero-order valence-electron chi connectivity index (χ0n) is 9.34. The average Bonchev–Trinajstić information content (AvgIpc) is 2.39. The van der Waals surface area contributed by atoms with Crippen molar-refractivity contribution in [3.8, 4) is 0 Å². The number of hydrogen-bond acceptors (Lipinski definition) is 3. The minimum Gasteiger partial charge on any atom is -0.305 e. The van der Waals surface area contributed by atoms with Crippen molar-refractivity contribution in [1.82, 2.24) is 15.3 Å². The van der Waals surface area contributed by atoms with Crippen LogP contribution in [0.15, 0.2) is 42.9 Å². The van der Waals surface area contributed by atoms with Gasteiger partial charge in [0.15, 0.2) is 0 Å². The predicted octanol–water partition coefficient (Wildman–Crippen LogP) is 2.13.